The normalized spacial score (nSPS) is 31.7. The Morgan fingerprint density at radius 1 is 1.29 bits per heavy atom. The van der Waals surface area contributed by atoms with Gasteiger partial charge in [-0.1, -0.05) is 0 Å². The van der Waals surface area contributed by atoms with Gasteiger partial charge in [0.25, 0.3) is 0 Å². The van der Waals surface area contributed by atoms with Crippen molar-refractivity contribution in [2.75, 3.05) is 26.3 Å². The van der Waals surface area contributed by atoms with Crippen LogP contribution in [0.15, 0.2) is 0 Å². The summed E-state index contributed by atoms with van der Waals surface area (Å²) >= 11 is 0. The van der Waals surface area contributed by atoms with Gasteiger partial charge in [0.1, 0.15) is 0 Å². The van der Waals surface area contributed by atoms with Gasteiger partial charge in [-0.2, -0.15) is 0 Å². The molecule has 0 radical (unpaired) electrons. The lowest BCUT2D eigenvalue weighted by Gasteiger charge is -2.15. The highest BCUT2D eigenvalue weighted by atomic mass is 16.5. The van der Waals surface area contributed by atoms with Gasteiger partial charge >= 0.3 is 6.03 Å². The van der Waals surface area contributed by atoms with E-state index in [1.807, 2.05) is 0 Å². The minimum atomic E-state index is -0.0609. The molecule has 2 atom stereocenters. The third-order valence-electron chi connectivity index (χ3n) is 2.66. The quantitative estimate of drug-likeness (QED) is 0.558. The number of amides is 2. The highest BCUT2D eigenvalue weighted by Gasteiger charge is 2.20. The molecule has 14 heavy (non-hydrogen) atoms. The molecule has 0 saturated carbocycles. The van der Waals surface area contributed by atoms with Crippen molar-refractivity contribution in [3.8, 4) is 0 Å². The number of urea groups is 1. The molecule has 0 aromatic heterocycles. The summed E-state index contributed by atoms with van der Waals surface area (Å²) < 4.78 is 5.17. The first kappa shape index (κ1) is 9.73. The van der Waals surface area contributed by atoms with Gasteiger partial charge in [-0.15, -0.1) is 0 Å². The van der Waals surface area contributed by atoms with E-state index < -0.39 is 0 Å². The van der Waals surface area contributed by atoms with Gasteiger partial charge in [0.05, 0.1) is 12.6 Å². The van der Waals surface area contributed by atoms with E-state index in [0.29, 0.717) is 6.61 Å². The van der Waals surface area contributed by atoms with Gasteiger partial charge < -0.3 is 20.7 Å². The number of rotatable bonds is 2. The van der Waals surface area contributed by atoms with Crippen molar-refractivity contribution in [1.29, 1.82) is 0 Å². The summed E-state index contributed by atoms with van der Waals surface area (Å²) in [5.41, 5.74) is 0. The lowest BCUT2D eigenvalue weighted by molar-refractivity contribution is 0.188. The van der Waals surface area contributed by atoms with Crippen LogP contribution in [0.25, 0.3) is 0 Å². The molecule has 5 nitrogen and oxygen atoms in total. The lowest BCUT2D eigenvalue weighted by atomic mass is 10.2. The minimum Gasteiger partial charge on any atom is -0.379 e. The molecule has 0 aromatic carbocycles. The van der Waals surface area contributed by atoms with Crippen molar-refractivity contribution >= 4 is 6.03 Å². The van der Waals surface area contributed by atoms with Crippen molar-refractivity contribution in [3.63, 3.8) is 0 Å². The highest BCUT2D eigenvalue weighted by Crippen LogP contribution is 2.03. The molecule has 0 aliphatic carbocycles. The molecular formula is C9H17N3O2. The van der Waals surface area contributed by atoms with Crippen LogP contribution in [0.1, 0.15) is 12.8 Å². The Balaban J connectivity index is 1.66. The molecule has 2 heterocycles. The summed E-state index contributed by atoms with van der Waals surface area (Å²) in [6, 6.07) is 0.427. The van der Waals surface area contributed by atoms with E-state index in [0.717, 1.165) is 32.5 Å². The number of nitrogens with one attached hydrogen (secondary N) is 3. The van der Waals surface area contributed by atoms with Gasteiger partial charge in [0.2, 0.25) is 0 Å². The Kier molecular flexibility index (Phi) is 3.21. The van der Waals surface area contributed by atoms with Crippen LogP contribution in [0.5, 0.6) is 0 Å². The van der Waals surface area contributed by atoms with E-state index in [4.69, 9.17) is 4.74 Å². The third kappa shape index (κ3) is 2.59. The zero-order valence-corrected chi connectivity index (χ0v) is 8.21. The van der Waals surface area contributed by atoms with Gasteiger partial charge in [-0.25, -0.2) is 4.79 Å². The predicted octanol–water partition coefficient (Wildman–Crippen LogP) is -0.564. The van der Waals surface area contributed by atoms with Crippen LogP contribution < -0.4 is 16.0 Å². The van der Waals surface area contributed by atoms with Crippen molar-refractivity contribution in [3.05, 3.63) is 0 Å². The second-order valence-corrected chi connectivity index (χ2v) is 3.87. The van der Waals surface area contributed by atoms with Gasteiger partial charge in [-0.05, 0) is 19.4 Å². The van der Waals surface area contributed by atoms with Crippen molar-refractivity contribution in [2.45, 2.75) is 24.9 Å². The molecule has 80 valence electrons. The second-order valence-electron chi connectivity index (χ2n) is 3.87. The van der Waals surface area contributed by atoms with E-state index in [1.165, 1.54) is 0 Å². The SMILES string of the molecule is O=C(NC1CCOC1)N[C@@H]1CCNC1. The maximum atomic E-state index is 11.4. The van der Waals surface area contributed by atoms with E-state index in [-0.39, 0.29) is 18.1 Å². The number of carbonyl (C=O) groups is 1. The molecule has 2 aliphatic heterocycles. The summed E-state index contributed by atoms with van der Waals surface area (Å²) in [6.45, 7) is 3.29. The summed E-state index contributed by atoms with van der Waals surface area (Å²) in [7, 11) is 0. The smallest absolute Gasteiger partial charge is 0.315 e. The molecule has 3 N–H and O–H groups in total. The van der Waals surface area contributed by atoms with Crippen molar-refractivity contribution < 1.29 is 9.53 Å². The van der Waals surface area contributed by atoms with Crippen molar-refractivity contribution in [2.24, 2.45) is 0 Å². The van der Waals surface area contributed by atoms with E-state index in [1.54, 1.807) is 0 Å². The van der Waals surface area contributed by atoms with E-state index in [2.05, 4.69) is 16.0 Å². The Hall–Kier alpha value is -0.810. The van der Waals surface area contributed by atoms with Gasteiger partial charge in [-0.3, -0.25) is 0 Å². The lowest BCUT2D eigenvalue weighted by Crippen LogP contribution is -2.47. The maximum absolute atomic E-state index is 11.4. The average Bonchev–Trinajstić information content (AvgIpc) is 2.76. The van der Waals surface area contributed by atoms with Gasteiger partial charge in [0.15, 0.2) is 0 Å². The molecule has 0 spiro atoms. The minimum absolute atomic E-state index is 0.0609. The first-order valence-corrected chi connectivity index (χ1v) is 5.20. The molecule has 1 unspecified atom stereocenters. The van der Waals surface area contributed by atoms with Crippen LogP contribution in [-0.4, -0.2) is 44.4 Å². The van der Waals surface area contributed by atoms with Crippen LogP contribution in [0.2, 0.25) is 0 Å². The predicted molar refractivity (Wildman–Crippen MR) is 52.2 cm³/mol. The maximum Gasteiger partial charge on any atom is 0.315 e. The van der Waals surface area contributed by atoms with Crippen LogP contribution in [0.4, 0.5) is 4.79 Å². The summed E-state index contributed by atoms with van der Waals surface area (Å²) in [5.74, 6) is 0. The Bertz CT molecular complexity index is 178. The first-order chi connectivity index (χ1) is 6.84. The van der Waals surface area contributed by atoms with Crippen LogP contribution in [-0.2, 0) is 4.74 Å². The number of ether oxygens (including phenoxy) is 1. The zero-order valence-electron chi connectivity index (χ0n) is 8.21. The number of hydrogen-bond acceptors (Lipinski definition) is 3. The standard InChI is InChI=1S/C9H17N3O2/c13-9(11-7-1-3-10-5-7)12-8-2-4-14-6-8/h7-8,10H,1-6H2,(H2,11,12,13)/t7-,8?/m1/s1. The molecule has 0 bridgehead atoms. The average molecular weight is 199 g/mol. The summed E-state index contributed by atoms with van der Waals surface area (Å²) in [5, 5.41) is 9.04. The molecule has 5 heteroatoms. The van der Waals surface area contributed by atoms with E-state index in [9.17, 15) is 4.79 Å². The fourth-order valence-corrected chi connectivity index (χ4v) is 1.84. The molecule has 0 aromatic rings. The number of carbonyl (C=O) groups excluding carboxylic acids is 1. The molecule has 2 rings (SSSR count). The van der Waals surface area contributed by atoms with Crippen LogP contribution >= 0.6 is 0 Å². The topological polar surface area (TPSA) is 62.4 Å². The molecule has 2 fully saturated rings. The van der Waals surface area contributed by atoms with Crippen molar-refractivity contribution in [1.82, 2.24) is 16.0 Å². The van der Waals surface area contributed by atoms with E-state index >= 15 is 0 Å². The first-order valence-electron chi connectivity index (χ1n) is 5.20. The Morgan fingerprint density at radius 3 is 2.79 bits per heavy atom. The number of hydrogen-bond donors (Lipinski definition) is 3. The monoisotopic (exact) mass is 199 g/mol. The Morgan fingerprint density at radius 2 is 2.14 bits per heavy atom. The largest absolute Gasteiger partial charge is 0.379 e. The third-order valence-corrected chi connectivity index (χ3v) is 2.66. The highest BCUT2D eigenvalue weighted by molar-refractivity contribution is 5.74. The van der Waals surface area contributed by atoms with Crippen LogP contribution in [0, 0.1) is 0 Å². The second kappa shape index (κ2) is 4.61. The molecule has 2 saturated heterocycles. The van der Waals surface area contributed by atoms with Gasteiger partial charge in [0, 0.05) is 19.2 Å². The summed E-state index contributed by atoms with van der Waals surface area (Å²) in [6.07, 6.45) is 1.95. The Labute approximate surface area is 83.6 Å². The van der Waals surface area contributed by atoms with Crippen LogP contribution in [0.3, 0.4) is 0 Å². The fraction of sp³-hybridized carbons (Fsp3) is 0.889. The molecule has 2 amide bonds. The molecule has 2 aliphatic rings. The zero-order chi connectivity index (χ0) is 9.80. The summed E-state index contributed by atoms with van der Waals surface area (Å²) in [4.78, 5) is 11.4. The fourth-order valence-electron chi connectivity index (χ4n) is 1.84. The molecular weight excluding hydrogens is 182 g/mol.